The van der Waals surface area contributed by atoms with Crippen LogP contribution in [0.25, 0.3) is 10.2 Å². The zero-order valence-corrected chi connectivity index (χ0v) is 24.2. The van der Waals surface area contributed by atoms with Crippen molar-refractivity contribution >= 4 is 48.8 Å². The van der Waals surface area contributed by atoms with Gasteiger partial charge in [0.25, 0.3) is 5.91 Å². The van der Waals surface area contributed by atoms with Crippen molar-refractivity contribution in [3.05, 3.63) is 89.5 Å². The van der Waals surface area contributed by atoms with Crippen LogP contribution in [0.3, 0.4) is 0 Å². The third-order valence-electron chi connectivity index (χ3n) is 6.29. The number of thiazole rings is 1. The number of carbonyl (C=O) groups is 1. The molecule has 1 aromatic heterocycles. The van der Waals surface area contributed by atoms with E-state index in [1.54, 1.807) is 22.7 Å². The molecule has 0 fully saturated rings. The molecule has 1 amide bonds. The number of hydrazone groups is 1. The van der Waals surface area contributed by atoms with E-state index in [9.17, 15) is 13.2 Å². The van der Waals surface area contributed by atoms with E-state index in [1.165, 1.54) is 28.5 Å². The second-order valence-corrected chi connectivity index (χ2v) is 12.3. The summed E-state index contributed by atoms with van der Waals surface area (Å²) in [6.07, 6.45) is 5.05. The molecule has 1 heterocycles. The Labute approximate surface area is 234 Å². The summed E-state index contributed by atoms with van der Waals surface area (Å²) in [5.41, 5.74) is 3.05. The van der Waals surface area contributed by atoms with Crippen molar-refractivity contribution in [3.63, 3.8) is 0 Å². The summed E-state index contributed by atoms with van der Waals surface area (Å²) >= 11 is 1.38. The average molecular weight is 563 g/mol. The van der Waals surface area contributed by atoms with Gasteiger partial charge in [-0.05, 0) is 67.3 Å². The molecular formula is C30H34N4O3S2. The Bertz CT molecular complexity index is 1520. The molecule has 0 saturated carbocycles. The van der Waals surface area contributed by atoms with Gasteiger partial charge in [-0.1, -0.05) is 74.4 Å². The van der Waals surface area contributed by atoms with Gasteiger partial charge in [0.1, 0.15) is 0 Å². The number of aryl methyl sites for hydroxylation is 1. The number of rotatable bonds is 12. The van der Waals surface area contributed by atoms with Crippen molar-refractivity contribution < 1.29 is 13.2 Å². The molecule has 0 aliphatic carbocycles. The van der Waals surface area contributed by atoms with E-state index >= 15 is 0 Å². The lowest BCUT2D eigenvalue weighted by atomic mass is 10.2. The first-order valence-corrected chi connectivity index (χ1v) is 15.5. The van der Waals surface area contributed by atoms with Gasteiger partial charge in [0.05, 0.1) is 21.3 Å². The maximum atomic E-state index is 13.7. The van der Waals surface area contributed by atoms with Gasteiger partial charge in [-0.2, -0.15) is 14.4 Å². The van der Waals surface area contributed by atoms with Gasteiger partial charge in [0.2, 0.25) is 15.2 Å². The van der Waals surface area contributed by atoms with Gasteiger partial charge in [-0.3, -0.25) is 4.79 Å². The SMILES string of the molecule is CCCCN(CCCC)S(=O)(=O)c1ccc(C(=O)N(/N=C/c2ccccc2)c2nc3ccc(C)cc3s2)cc1. The monoisotopic (exact) mass is 562 g/mol. The topological polar surface area (TPSA) is 82.9 Å². The quantitative estimate of drug-likeness (QED) is 0.139. The summed E-state index contributed by atoms with van der Waals surface area (Å²) in [4.78, 5) is 18.5. The van der Waals surface area contributed by atoms with E-state index in [0.29, 0.717) is 23.8 Å². The van der Waals surface area contributed by atoms with Crippen molar-refractivity contribution in [2.45, 2.75) is 51.3 Å². The third kappa shape index (κ3) is 6.98. The number of nitrogens with zero attached hydrogens (tertiary/aromatic N) is 4. The fourth-order valence-electron chi connectivity index (χ4n) is 4.02. The molecule has 4 aromatic rings. The maximum absolute atomic E-state index is 13.7. The number of hydrogen-bond acceptors (Lipinski definition) is 6. The normalized spacial score (nSPS) is 12.0. The Hall–Kier alpha value is -3.40. The first-order valence-electron chi connectivity index (χ1n) is 13.2. The second-order valence-electron chi connectivity index (χ2n) is 9.38. The highest BCUT2D eigenvalue weighted by molar-refractivity contribution is 7.89. The van der Waals surface area contributed by atoms with E-state index in [0.717, 1.165) is 47.0 Å². The van der Waals surface area contributed by atoms with E-state index in [2.05, 4.69) is 10.1 Å². The molecule has 39 heavy (non-hydrogen) atoms. The Morgan fingerprint density at radius 2 is 1.62 bits per heavy atom. The fraction of sp³-hybridized carbons (Fsp3) is 0.300. The van der Waals surface area contributed by atoms with Crippen molar-refractivity contribution in [2.75, 3.05) is 18.1 Å². The van der Waals surface area contributed by atoms with Crippen LogP contribution in [0, 0.1) is 6.92 Å². The summed E-state index contributed by atoms with van der Waals surface area (Å²) in [5.74, 6) is -0.393. The Morgan fingerprint density at radius 1 is 0.949 bits per heavy atom. The highest BCUT2D eigenvalue weighted by Gasteiger charge is 2.25. The molecular weight excluding hydrogens is 528 g/mol. The Kier molecular flexibility index (Phi) is 9.61. The van der Waals surface area contributed by atoms with Crippen molar-refractivity contribution in [1.82, 2.24) is 9.29 Å². The lowest BCUT2D eigenvalue weighted by molar-refractivity contribution is 0.0987. The Morgan fingerprint density at radius 3 is 2.26 bits per heavy atom. The molecule has 3 aromatic carbocycles. The summed E-state index contributed by atoms with van der Waals surface area (Å²) in [5, 5.41) is 6.23. The number of anilines is 1. The predicted molar refractivity (Wildman–Crippen MR) is 160 cm³/mol. The molecule has 0 radical (unpaired) electrons. The van der Waals surface area contributed by atoms with Gasteiger partial charge in [0.15, 0.2) is 0 Å². The summed E-state index contributed by atoms with van der Waals surface area (Å²) in [6, 6.07) is 21.6. The molecule has 9 heteroatoms. The molecule has 0 N–H and O–H groups in total. The largest absolute Gasteiger partial charge is 0.280 e. The first-order chi connectivity index (χ1) is 18.8. The number of carbonyl (C=O) groups excluding carboxylic acids is 1. The molecule has 204 valence electrons. The minimum absolute atomic E-state index is 0.182. The number of benzene rings is 3. The summed E-state index contributed by atoms with van der Waals surface area (Å²) < 4.78 is 29.2. The van der Waals surface area contributed by atoms with Gasteiger partial charge in [0, 0.05) is 18.7 Å². The molecule has 0 aliphatic rings. The van der Waals surface area contributed by atoms with E-state index in [1.807, 2.05) is 69.3 Å². The van der Waals surface area contributed by atoms with Crippen LogP contribution in [-0.4, -0.2) is 42.9 Å². The molecule has 4 rings (SSSR count). The van der Waals surface area contributed by atoms with E-state index < -0.39 is 15.9 Å². The number of aromatic nitrogens is 1. The summed E-state index contributed by atoms with van der Waals surface area (Å²) in [6.45, 7) is 7.07. The number of unbranched alkanes of at least 4 members (excludes halogenated alkanes) is 2. The zero-order valence-electron chi connectivity index (χ0n) is 22.6. The molecule has 0 spiro atoms. The van der Waals surface area contributed by atoms with Gasteiger partial charge in [-0.25, -0.2) is 13.4 Å². The van der Waals surface area contributed by atoms with Gasteiger partial charge < -0.3 is 0 Å². The van der Waals surface area contributed by atoms with Crippen molar-refractivity contribution in [3.8, 4) is 0 Å². The highest BCUT2D eigenvalue weighted by Crippen LogP contribution is 2.31. The van der Waals surface area contributed by atoms with Crippen LogP contribution in [0.4, 0.5) is 5.13 Å². The predicted octanol–water partition coefficient (Wildman–Crippen LogP) is 6.88. The highest BCUT2D eigenvalue weighted by atomic mass is 32.2. The van der Waals surface area contributed by atoms with Crippen LogP contribution in [-0.2, 0) is 10.0 Å². The average Bonchev–Trinajstić information content (AvgIpc) is 3.36. The number of amides is 1. The third-order valence-corrected chi connectivity index (χ3v) is 9.20. The fourth-order valence-corrected chi connectivity index (χ4v) is 6.56. The minimum Gasteiger partial charge on any atom is -0.267 e. The molecule has 0 unspecified atom stereocenters. The molecule has 0 atom stereocenters. The number of sulfonamides is 1. The van der Waals surface area contributed by atoms with Crippen LogP contribution < -0.4 is 5.01 Å². The lowest BCUT2D eigenvalue weighted by Crippen LogP contribution is -2.33. The summed E-state index contributed by atoms with van der Waals surface area (Å²) in [7, 11) is -3.66. The van der Waals surface area contributed by atoms with Gasteiger partial charge in [-0.15, -0.1) is 0 Å². The van der Waals surface area contributed by atoms with Crippen LogP contribution >= 0.6 is 11.3 Å². The minimum atomic E-state index is -3.66. The number of hydrogen-bond donors (Lipinski definition) is 0. The van der Waals surface area contributed by atoms with E-state index in [4.69, 9.17) is 0 Å². The standard InChI is InChI=1S/C30H34N4O3S2/c1-4-6-19-33(20-7-5-2)39(36,37)26-16-14-25(15-17-26)29(35)34(31-22-24-11-9-8-10-12-24)30-32-27-18-13-23(3)21-28(27)38-30/h8-18,21-22H,4-7,19-20H2,1-3H3/b31-22+. The van der Waals surface area contributed by atoms with Crippen LogP contribution in [0.2, 0.25) is 0 Å². The maximum Gasteiger partial charge on any atom is 0.280 e. The molecule has 7 nitrogen and oxygen atoms in total. The molecule has 0 aliphatic heterocycles. The Balaban J connectivity index is 1.66. The van der Waals surface area contributed by atoms with E-state index in [-0.39, 0.29) is 4.90 Å². The van der Waals surface area contributed by atoms with Crippen LogP contribution in [0.15, 0.2) is 82.8 Å². The number of fused-ring (bicyclic) bond motifs is 1. The van der Waals surface area contributed by atoms with Crippen molar-refractivity contribution in [1.29, 1.82) is 0 Å². The molecule has 0 saturated heterocycles. The first kappa shape index (κ1) is 28.6. The van der Waals surface area contributed by atoms with Gasteiger partial charge >= 0.3 is 0 Å². The zero-order chi connectivity index (χ0) is 27.8. The van der Waals surface area contributed by atoms with Crippen LogP contribution in [0.1, 0.15) is 61.0 Å². The lowest BCUT2D eigenvalue weighted by Gasteiger charge is -2.22. The van der Waals surface area contributed by atoms with Crippen LogP contribution in [0.5, 0.6) is 0 Å². The smallest absolute Gasteiger partial charge is 0.267 e. The second kappa shape index (κ2) is 13.1. The molecule has 0 bridgehead atoms. The van der Waals surface area contributed by atoms with Crippen molar-refractivity contribution in [2.24, 2.45) is 5.10 Å².